The van der Waals surface area contributed by atoms with Gasteiger partial charge in [-0.25, -0.2) is 13.6 Å². The topological polar surface area (TPSA) is 42.0 Å². The van der Waals surface area contributed by atoms with Crippen LogP contribution >= 0.6 is 0 Å². The van der Waals surface area contributed by atoms with Crippen LogP contribution in [0.2, 0.25) is 0 Å². The van der Waals surface area contributed by atoms with Crippen LogP contribution in [0, 0.1) is 25.5 Å². The molecule has 1 amide bonds. The van der Waals surface area contributed by atoms with Gasteiger partial charge in [0.15, 0.2) is 0 Å². The summed E-state index contributed by atoms with van der Waals surface area (Å²) in [5.74, 6) is 0.199. The smallest absolute Gasteiger partial charge is 0.414 e. The molecule has 1 atom stereocenters. The first-order chi connectivity index (χ1) is 20.2. The van der Waals surface area contributed by atoms with Gasteiger partial charge in [0.25, 0.3) is 0 Å². The van der Waals surface area contributed by atoms with Crippen molar-refractivity contribution in [2.45, 2.75) is 59.4 Å². The molecule has 7 heteroatoms. The number of benzene rings is 3. The van der Waals surface area contributed by atoms with Gasteiger partial charge in [0.05, 0.1) is 11.7 Å². The molecule has 3 aromatic rings. The monoisotopic (exact) mass is 578 g/mol. The Balaban J connectivity index is 0.000000274. The number of nitrogens with zero attached hydrogens (tertiary/aromatic N) is 2. The van der Waals surface area contributed by atoms with E-state index in [0.29, 0.717) is 24.3 Å². The van der Waals surface area contributed by atoms with Crippen molar-refractivity contribution in [3.05, 3.63) is 112 Å². The summed E-state index contributed by atoms with van der Waals surface area (Å²) in [7, 11) is 2.12. The number of halogens is 2. The first-order valence-electron chi connectivity index (χ1n) is 14.7. The van der Waals surface area contributed by atoms with Crippen LogP contribution in [0.4, 0.5) is 13.6 Å². The highest BCUT2D eigenvalue weighted by Crippen LogP contribution is 2.24. The van der Waals surface area contributed by atoms with E-state index in [2.05, 4.69) is 18.9 Å². The SMILES string of the molecule is CC/C=C(/COc1ccc(F)c(C)c1)N1C(=O)OCC1Cc1ccccc1.CCN(C)CCCc1ccc(F)c(C)c1. The molecule has 0 aliphatic carbocycles. The highest BCUT2D eigenvalue weighted by atomic mass is 19.1. The molecule has 1 heterocycles. The fourth-order valence-electron chi connectivity index (χ4n) is 4.75. The van der Waals surface area contributed by atoms with Gasteiger partial charge >= 0.3 is 6.09 Å². The summed E-state index contributed by atoms with van der Waals surface area (Å²) in [5.41, 5.74) is 4.42. The first kappa shape index (κ1) is 32.8. The Bertz CT molecular complexity index is 1310. The molecule has 0 spiro atoms. The highest BCUT2D eigenvalue weighted by Gasteiger charge is 2.35. The minimum absolute atomic E-state index is 0.0729. The van der Waals surface area contributed by atoms with Gasteiger partial charge in [0.2, 0.25) is 0 Å². The summed E-state index contributed by atoms with van der Waals surface area (Å²) in [6, 6.07) is 20.0. The van der Waals surface area contributed by atoms with Crippen molar-refractivity contribution in [3.8, 4) is 5.75 Å². The lowest BCUT2D eigenvalue weighted by Gasteiger charge is -2.24. The van der Waals surface area contributed by atoms with Gasteiger partial charge in [-0.15, -0.1) is 0 Å². The Morgan fingerprint density at radius 2 is 1.69 bits per heavy atom. The molecule has 0 radical (unpaired) electrons. The molecule has 0 N–H and O–H groups in total. The maximum absolute atomic E-state index is 13.4. The largest absolute Gasteiger partial charge is 0.487 e. The van der Waals surface area contributed by atoms with Gasteiger partial charge < -0.3 is 14.4 Å². The Kier molecular flexibility index (Phi) is 13.0. The number of hydrogen-bond donors (Lipinski definition) is 0. The summed E-state index contributed by atoms with van der Waals surface area (Å²) < 4.78 is 37.6. The number of ether oxygens (including phenoxy) is 2. The zero-order valence-electron chi connectivity index (χ0n) is 25.5. The second-order valence-electron chi connectivity index (χ2n) is 10.7. The Hall–Kier alpha value is -3.71. The number of carbonyl (C=O) groups excluding carboxylic acids is 1. The van der Waals surface area contributed by atoms with Crippen LogP contribution in [0.3, 0.4) is 0 Å². The lowest BCUT2D eigenvalue weighted by atomic mass is 10.1. The molecule has 1 aliphatic heterocycles. The fourth-order valence-corrected chi connectivity index (χ4v) is 4.75. The number of allylic oxidation sites excluding steroid dienone is 1. The van der Waals surface area contributed by atoms with Crippen molar-refractivity contribution in [1.29, 1.82) is 0 Å². The van der Waals surface area contributed by atoms with Crippen LogP contribution in [0.5, 0.6) is 5.75 Å². The van der Waals surface area contributed by atoms with Crippen molar-refractivity contribution in [1.82, 2.24) is 9.80 Å². The summed E-state index contributed by atoms with van der Waals surface area (Å²) in [6.07, 6.45) is 5.27. The molecule has 1 fully saturated rings. The van der Waals surface area contributed by atoms with E-state index >= 15 is 0 Å². The number of rotatable bonds is 12. The van der Waals surface area contributed by atoms with Crippen molar-refractivity contribution in [3.63, 3.8) is 0 Å². The van der Waals surface area contributed by atoms with Crippen molar-refractivity contribution in [2.75, 3.05) is 33.4 Å². The van der Waals surface area contributed by atoms with Gasteiger partial charge in [-0.3, -0.25) is 4.90 Å². The second-order valence-corrected chi connectivity index (χ2v) is 10.7. The van der Waals surface area contributed by atoms with Crippen LogP contribution in [-0.2, 0) is 17.6 Å². The van der Waals surface area contributed by atoms with Crippen LogP contribution < -0.4 is 4.74 Å². The fraction of sp³-hybridized carbons (Fsp3) is 0.400. The molecule has 4 rings (SSSR count). The van der Waals surface area contributed by atoms with E-state index in [1.165, 1.54) is 11.6 Å². The van der Waals surface area contributed by atoms with E-state index in [1.807, 2.05) is 62.4 Å². The minimum atomic E-state index is -0.352. The predicted molar refractivity (Wildman–Crippen MR) is 165 cm³/mol. The normalized spacial score (nSPS) is 15.0. The van der Waals surface area contributed by atoms with Crippen molar-refractivity contribution >= 4 is 6.09 Å². The average molecular weight is 579 g/mol. The van der Waals surface area contributed by atoms with E-state index < -0.39 is 0 Å². The molecule has 226 valence electrons. The Morgan fingerprint density at radius 3 is 2.33 bits per heavy atom. The molecule has 42 heavy (non-hydrogen) atoms. The first-order valence-corrected chi connectivity index (χ1v) is 14.7. The van der Waals surface area contributed by atoms with Gasteiger partial charge in [0.1, 0.15) is 30.6 Å². The Labute approximate surface area is 249 Å². The average Bonchev–Trinajstić information content (AvgIpc) is 3.34. The van der Waals surface area contributed by atoms with E-state index in [4.69, 9.17) is 9.47 Å². The second kappa shape index (κ2) is 16.7. The third kappa shape index (κ3) is 9.98. The third-order valence-corrected chi connectivity index (χ3v) is 7.31. The van der Waals surface area contributed by atoms with Crippen LogP contribution in [0.1, 0.15) is 48.9 Å². The maximum atomic E-state index is 13.4. The van der Waals surface area contributed by atoms with Gasteiger partial charge in [0, 0.05) is 0 Å². The summed E-state index contributed by atoms with van der Waals surface area (Å²) in [4.78, 5) is 16.3. The number of cyclic esters (lactones) is 1. The minimum Gasteiger partial charge on any atom is -0.487 e. The quantitative estimate of drug-likeness (QED) is 0.219. The molecule has 3 aromatic carbocycles. The molecule has 1 unspecified atom stereocenters. The van der Waals surface area contributed by atoms with Crippen LogP contribution in [0.15, 0.2) is 78.5 Å². The standard InChI is InChI=1S/C22H24FNO3.C13H20FN/c1-3-7-18(14-26-20-10-11-21(23)16(2)12-20)24-19(15-27-22(24)25)13-17-8-5-4-6-9-17;1-4-15(3)9-5-6-12-7-8-13(14)11(2)10-12/h4-12,19H,3,13-15H2,1-2H3;7-8,10H,4-6,9H2,1-3H3/b18-7-;. The number of aryl methyl sites for hydroxylation is 3. The van der Waals surface area contributed by atoms with Crippen LogP contribution in [-0.4, -0.2) is 55.3 Å². The van der Waals surface area contributed by atoms with Gasteiger partial charge in [-0.2, -0.15) is 0 Å². The lowest BCUT2D eigenvalue weighted by molar-refractivity contribution is 0.161. The highest BCUT2D eigenvalue weighted by molar-refractivity contribution is 5.72. The lowest BCUT2D eigenvalue weighted by Crippen LogP contribution is -2.36. The molecular weight excluding hydrogens is 534 g/mol. The molecule has 0 aromatic heterocycles. The molecule has 1 aliphatic rings. The van der Waals surface area contributed by atoms with Gasteiger partial charge in [-0.1, -0.05) is 62.4 Å². The number of amides is 1. The molecule has 1 saturated heterocycles. The van der Waals surface area contributed by atoms with Crippen molar-refractivity contribution < 1.29 is 23.0 Å². The summed E-state index contributed by atoms with van der Waals surface area (Å²) in [6.45, 7) is 10.4. The van der Waals surface area contributed by atoms with E-state index in [0.717, 1.165) is 49.2 Å². The molecular formula is C35H44F2N2O3. The van der Waals surface area contributed by atoms with Crippen molar-refractivity contribution in [2.24, 2.45) is 0 Å². The molecule has 5 nitrogen and oxygen atoms in total. The van der Waals surface area contributed by atoms with Gasteiger partial charge in [-0.05, 0) is 106 Å². The Morgan fingerprint density at radius 1 is 1.00 bits per heavy atom. The molecule has 0 bridgehead atoms. The maximum Gasteiger partial charge on any atom is 0.414 e. The summed E-state index contributed by atoms with van der Waals surface area (Å²) >= 11 is 0. The van der Waals surface area contributed by atoms with E-state index in [-0.39, 0.29) is 30.4 Å². The zero-order chi connectivity index (χ0) is 30.5. The predicted octanol–water partition coefficient (Wildman–Crippen LogP) is 7.89. The van der Waals surface area contributed by atoms with E-state index in [1.54, 1.807) is 30.0 Å². The van der Waals surface area contributed by atoms with E-state index in [9.17, 15) is 13.6 Å². The third-order valence-electron chi connectivity index (χ3n) is 7.31. The van der Waals surface area contributed by atoms with Crippen LogP contribution in [0.25, 0.3) is 0 Å². The number of carbonyl (C=O) groups is 1. The molecule has 0 saturated carbocycles. The zero-order valence-corrected chi connectivity index (χ0v) is 25.5. The number of hydrogen-bond acceptors (Lipinski definition) is 4. The summed E-state index contributed by atoms with van der Waals surface area (Å²) in [5, 5.41) is 0.